The molecule has 2 fully saturated rings. The fourth-order valence-electron chi connectivity index (χ4n) is 3.93. The first-order valence-corrected chi connectivity index (χ1v) is 7.74. The lowest BCUT2D eigenvalue weighted by atomic mass is 9.80. The Kier molecular flexibility index (Phi) is 2.98. The minimum Gasteiger partial charge on any atom is -0.432 e. The van der Waals surface area contributed by atoms with Gasteiger partial charge < -0.3 is 9.47 Å². The maximum atomic E-state index is 13.8. The van der Waals surface area contributed by atoms with Crippen molar-refractivity contribution in [3.63, 3.8) is 0 Å². The number of carbonyl (C=O) groups is 1. The molecular formula is C16H16F3NO3. The lowest BCUT2D eigenvalue weighted by molar-refractivity contribution is -0.387. The van der Waals surface area contributed by atoms with Gasteiger partial charge in [-0.3, -0.25) is 0 Å². The molecule has 3 aliphatic rings. The summed E-state index contributed by atoms with van der Waals surface area (Å²) in [5.74, 6) is -3.71. The number of rotatable bonds is 0. The Morgan fingerprint density at radius 1 is 1.04 bits per heavy atom. The SMILES string of the molecule is O=C1O[C@]2(C(F)(F)F)Oc3ccccc3CN2C12CCCCC2. The van der Waals surface area contributed by atoms with Gasteiger partial charge in [-0.1, -0.05) is 37.5 Å². The van der Waals surface area contributed by atoms with Crippen LogP contribution in [-0.2, 0) is 16.1 Å². The molecular weight excluding hydrogens is 311 g/mol. The first-order valence-electron chi connectivity index (χ1n) is 7.74. The molecule has 1 saturated heterocycles. The van der Waals surface area contributed by atoms with Gasteiger partial charge in [-0.15, -0.1) is 0 Å². The van der Waals surface area contributed by atoms with E-state index in [1.165, 1.54) is 6.07 Å². The number of ether oxygens (including phenoxy) is 2. The molecule has 4 nitrogen and oxygen atoms in total. The highest BCUT2D eigenvalue weighted by atomic mass is 19.4. The van der Waals surface area contributed by atoms with Crippen molar-refractivity contribution in [2.75, 3.05) is 0 Å². The molecule has 2 aliphatic heterocycles. The Bertz CT molecular complexity index is 654. The molecule has 0 radical (unpaired) electrons. The van der Waals surface area contributed by atoms with Crippen LogP contribution in [0.4, 0.5) is 13.2 Å². The summed E-state index contributed by atoms with van der Waals surface area (Å²) in [5, 5.41) is 0. The second kappa shape index (κ2) is 4.63. The molecule has 1 atom stereocenters. The van der Waals surface area contributed by atoms with Crippen LogP contribution in [0.3, 0.4) is 0 Å². The van der Waals surface area contributed by atoms with E-state index in [1.54, 1.807) is 18.2 Å². The van der Waals surface area contributed by atoms with Crippen LogP contribution >= 0.6 is 0 Å². The molecule has 0 N–H and O–H groups in total. The van der Waals surface area contributed by atoms with E-state index in [2.05, 4.69) is 0 Å². The van der Waals surface area contributed by atoms with Crippen molar-refractivity contribution in [1.29, 1.82) is 0 Å². The van der Waals surface area contributed by atoms with Gasteiger partial charge in [-0.05, 0) is 18.9 Å². The summed E-state index contributed by atoms with van der Waals surface area (Å²) in [4.78, 5) is 13.6. The van der Waals surface area contributed by atoms with E-state index >= 15 is 0 Å². The van der Waals surface area contributed by atoms with E-state index in [-0.39, 0.29) is 12.3 Å². The van der Waals surface area contributed by atoms with Crippen molar-refractivity contribution in [3.8, 4) is 5.75 Å². The third-order valence-corrected chi connectivity index (χ3v) is 5.07. The summed E-state index contributed by atoms with van der Waals surface area (Å²) in [5.41, 5.74) is -0.600. The van der Waals surface area contributed by atoms with Crippen molar-refractivity contribution >= 4 is 5.97 Å². The number of carbonyl (C=O) groups excluding carboxylic acids is 1. The summed E-state index contributed by atoms with van der Waals surface area (Å²) in [6.07, 6.45) is -1.76. The zero-order valence-corrected chi connectivity index (χ0v) is 12.4. The van der Waals surface area contributed by atoms with E-state index < -0.39 is 23.6 Å². The fourth-order valence-corrected chi connectivity index (χ4v) is 3.93. The topological polar surface area (TPSA) is 38.8 Å². The van der Waals surface area contributed by atoms with Crippen LogP contribution in [0.25, 0.3) is 0 Å². The molecule has 1 saturated carbocycles. The smallest absolute Gasteiger partial charge is 0.432 e. The molecule has 4 rings (SSSR count). The van der Waals surface area contributed by atoms with Gasteiger partial charge in [0.05, 0.1) is 0 Å². The Hall–Kier alpha value is -1.76. The quantitative estimate of drug-likeness (QED) is 0.685. The molecule has 0 unspecified atom stereocenters. The Morgan fingerprint density at radius 2 is 1.74 bits per heavy atom. The first kappa shape index (κ1) is 14.8. The average Bonchev–Trinajstić information content (AvgIpc) is 2.75. The van der Waals surface area contributed by atoms with Crippen molar-refractivity contribution in [2.45, 2.75) is 56.3 Å². The predicted molar refractivity (Wildman–Crippen MR) is 73.3 cm³/mol. The van der Waals surface area contributed by atoms with Crippen LogP contribution in [0.2, 0.25) is 0 Å². The second-order valence-electron chi connectivity index (χ2n) is 6.36. The van der Waals surface area contributed by atoms with Crippen molar-refractivity contribution in [2.24, 2.45) is 0 Å². The highest BCUT2D eigenvalue weighted by molar-refractivity contribution is 5.84. The van der Waals surface area contributed by atoms with Gasteiger partial charge in [0.2, 0.25) is 0 Å². The Balaban J connectivity index is 1.87. The maximum absolute atomic E-state index is 13.8. The number of para-hydroxylation sites is 1. The molecule has 124 valence electrons. The Morgan fingerprint density at radius 3 is 2.43 bits per heavy atom. The number of fused-ring (bicyclic) bond motifs is 3. The van der Waals surface area contributed by atoms with Gasteiger partial charge in [0.25, 0.3) is 0 Å². The number of halogens is 3. The van der Waals surface area contributed by atoms with Crippen molar-refractivity contribution in [3.05, 3.63) is 29.8 Å². The van der Waals surface area contributed by atoms with Crippen LogP contribution < -0.4 is 4.74 Å². The summed E-state index contributed by atoms with van der Waals surface area (Å²) < 4.78 is 51.7. The van der Waals surface area contributed by atoms with Gasteiger partial charge in [0.15, 0.2) is 0 Å². The molecule has 0 aromatic heterocycles. The number of nitrogens with zero attached hydrogens (tertiary/aromatic N) is 1. The monoisotopic (exact) mass is 327 g/mol. The standard InChI is InChI=1S/C16H16F3NO3/c17-15(18,19)16-20(10-11-6-2-3-7-12(11)22-16)14(13(21)23-16)8-4-1-5-9-14/h2-3,6-7H,1,4-5,8-10H2/t16-/m0/s1. The van der Waals surface area contributed by atoms with E-state index in [0.29, 0.717) is 31.2 Å². The molecule has 23 heavy (non-hydrogen) atoms. The van der Waals surface area contributed by atoms with Gasteiger partial charge in [-0.2, -0.15) is 13.2 Å². The second-order valence-corrected chi connectivity index (χ2v) is 6.36. The molecule has 2 heterocycles. The molecule has 1 aromatic carbocycles. The molecule has 1 spiro atoms. The van der Waals surface area contributed by atoms with E-state index in [1.807, 2.05) is 0 Å². The first-order chi connectivity index (χ1) is 10.9. The highest BCUT2D eigenvalue weighted by Gasteiger charge is 2.77. The predicted octanol–water partition coefficient (Wildman–Crippen LogP) is 3.36. The number of alkyl halides is 3. The van der Waals surface area contributed by atoms with Crippen LogP contribution in [0.5, 0.6) is 5.75 Å². The summed E-state index contributed by atoms with van der Waals surface area (Å²) in [6.45, 7) is -0.0125. The summed E-state index contributed by atoms with van der Waals surface area (Å²) in [6, 6.07) is 6.54. The summed E-state index contributed by atoms with van der Waals surface area (Å²) >= 11 is 0. The maximum Gasteiger partial charge on any atom is 0.486 e. The molecule has 1 aliphatic carbocycles. The van der Waals surface area contributed by atoms with Crippen molar-refractivity contribution in [1.82, 2.24) is 4.90 Å². The van der Waals surface area contributed by atoms with Gasteiger partial charge in [0, 0.05) is 12.1 Å². The van der Waals surface area contributed by atoms with Crippen LogP contribution in [0.15, 0.2) is 24.3 Å². The number of benzene rings is 1. The van der Waals surface area contributed by atoms with Gasteiger partial charge in [0.1, 0.15) is 11.3 Å². The third kappa shape index (κ3) is 1.86. The van der Waals surface area contributed by atoms with E-state index in [4.69, 9.17) is 9.47 Å². The molecule has 1 aromatic rings. The van der Waals surface area contributed by atoms with Gasteiger partial charge in [-0.25, -0.2) is 9.69 Å². The number of esters is 1. The minimum absolute atomic E-state index is 0.0125. The largest absolute Gasteiger partial charge is 0.486 e. The molecule has 0 bridgehead atoms. The van der Waals surface area contributed by atoms with E-state index in [0.717, 1.165) is 11.3 Å². The van der Waals surface area contributed by atoms with E-state index in [9.17, 15) is 18.0 Å². The summed E-state index contributed by atoms with van der Waals surface area (Å²) in [7, 11) is 0. The number of hydrogen-bond acceptors (Lipinski definition) is 4. The average molecular weight is 327 g/mol. The third-order valence-electron chi connectivity index (χ3n) is 5.07. The Labute approximate surface area is 131 Å². The molecule has 7 heteroatoms. The highest BCUT2D eigenvalue weighted by Crippen LogP contribution is 2.54. The molecule has 0 amide bonds. The zero-order chi connectivity index (χ0) is 16.3. The minimum atomic E-state index is -4.84. The fraction of sp³-hybridized carbons (Fsp3) is 0.562. The normalized spacial score (nSPS) is 29.6. The lowest BCUT2D eigenvalue weighted by Crippen LogP contribution is -2.66. The lowest BCUT2D eigenvalue weighted by Gasteiger charge is -2.46. The van der Waals surface area contributed by atoms with Crippen LogP contribution in [0.1, 0.15) is 37.7 Å². The zero-order valence-electron chi connectivity index (χ0n) is 12.4. The van der Waals surface area contributed by atoms with Crippen LogP contribution in [-0.4, -0.2) is 28.5 Å². The van der Waals surface area contributed by atoms with Crippen LogP contribution in [0, 0.1) is 0 Å². The van der Waals surface area contributed by atoms with Gasteiger partial charge >= 0.3 is 18.1 Å². The number of hydrogen-bond donors (Lipinski definition) is 0. The van der Waals surface area contributed by atoms with Crippen molar-refractivity contribution < 1.29 is 27.4 Å².